The van der Waals surface area contributed by atoms with Gasteiger partial charge >= 0.3 is 0 Å². The van der Waals surface area contributed by atoms with Crippen LogP contribution in [0.15, 0.2) is 24.3 Å². The summed E-state index contributed by atoms with van der Waals surface area (Å²) >= 11 is 0. The number of alkyl halides is 3. The summed E-state index contributed by atoms with van der Waals surface area (Å²) in [5.41, 5.74) is 0.535. The van der Waals surface area contributed by atoms with E-state index in [-0.39, 0.29) is 6.42 Å². The van der Waals surface area contributed by atoms with E-state index < -0.39 is 18.7 Å². The lowest BCUT2D eigenvalue weighted by Gasteiger charge is -2.14. The number of methoxy groups -OCH3 is 1. The first-order chi connectivity index (χ1) is 7.54. The summed E-state index contributed by atoms with van der Waals surface area (Å²) in [5, 5.41) is 8.81. The van der Waals surface area contributed by atoms with Gasteiger partial charge in [-0.2, -0.15) is 0 Å². The van der Waals surface area contributed by atoms with E-state index in [9.17, 15) is 13.2 Å². The van der Waals surface area contributed by atoms with E-state index >= 15 is 0 Å². The van der Waals surface area contributed by atoms with E-state index in [1.807, 2.05) is 0 Å². The fourth-order valence-corrected chi connectivity index (χ4v) is 1.27. The molecule has 0 bridgehead atoms. The van der Waals surface area contributed by atoms with Crippen LogP contribution in [0.1, 0.15) is 5.56 Å². The van der Waals surface area contributed by atoms with Crippen LogP contribution in [0.4, 0.5) is 13.2 Å². The van der Waals surface area contributed by atoms with Crippen molar-refractivity contribution < 1.29 is 23.0 Å². The van der Waals surface area contributed by atoms with E-state index in [0.29, 0.717) is 11.3 Å². The second kappa shape index (κ2) is 5.75. The summed E-state index contributed by atoms with van der Waals surface area (Å²) < 4.78 is 42.0. The van der Waals surface area contributed by atoms with Gasteiger partial charge in [-0.1, -0.05) is 12.1 Å². The Balaban J connectivity index is 2.59. The molecular weight excluding hydrogens is 221 g/mol. The second-order valence-electron chi connectivity index (χ2n) is 3.39. The molecule has 5 heteroatoms. The maximum Gasteiger partial charge on any atom is 0.266 e. The lowest BCUT2D eigenvalue weighted by Crippen LogP contribution is -2.30. The third-order valence-corrected chi connectivity index (χ3v) is 2.22. The van der Waals surface area contributed by atoms with Crippen molar-refractivity contribution in [1.82, 2.24) is 0 Å². The van der Waals surface area contributed by atoms with Crippen LogP contribution < -0.4 is 4.74 Å². The van der Waals surface area contributed by atoms with Crippen molar-refractivity contribution in [3.05, 3.63) is 29.8 Å². The first-order valence-electron chi connectivity index (χ1n) is 4.78. The van der Waals surface area contributed by atoms with Gasteiger partial charge in [0.15, 0.2) is 0 Å². The first-order valence-corrected chi connectivity index (χ1v) is 4.78. The molecule has 90 valence electrons. The Morgan fingerprint density at radius 2 is 1.75 bits per heavy atom. The molecule has 0 aliphatic carbocycles. The summed E-state index contributed by atoms with van der Waals surface area (Å²) in [5.74, 6) is 0.605. The van der Waals surface area contributed by atoms with E-state index in [0.717, 1.165) is 0 Å². The van der Waals surface area contributed by atoms with Crippen molar-refractivity contribution in [2.45, 2.75) is 25.1 Å². The van der Waals surface area contributed by atoms with Gasteiger partial charge in [0.2, 0.25) is 0 Å². The van der Waals surface area contributed by atoms with Crippen LogP contribution in [0.2, 0.25) is 0 Å². The molecule has 2 nitrogen and oxygen atoms in total. The molecular formula is C11H13F3O2. The Bertz CT molecular complexity index is 314. The molecule has 0 fully saturated rings. The molecule has 0 saturated heterocycles. The predicted octanol–water partition coefficient (Wildman–Crippen LogP) is 2.20. The van der Waals surface area contributed by atoms with Crippen molar-refractivity contribution in [2.75, 3.05) is 7.11 Å². The number of aliphatic hydroxyl groups is 1. The highest BCUT2D eigenvalue weighted by atomic mass is 19.3. The summed E-state index contributed by atoms with van der Waals surface area (Å²) in [6.45, 7) is 0. The van der Waals surface area contributed by atoms with Crippen LogP contribution in [-0.2, 0) is 6.42 Å². The number of aliphatic hydroxyl groups excluding tert-OH is 1. The van der Waals surface area contributed by atoms with Crippen LogP contribution in [-0.4, -0.2) is 30.9 Å². The summed E-state index contributed by atoms with van der Waals surface area (Å²) in [6, 6.07) is 6.36. The van der Waals surface area contributed by atoms with Crippen LogP contribution in [0.3, 0.4) is 0 Å². The Morgan fingerprint density at radius 3 is 2.19 bits per heavy atom. The SMILES string of the molecule is COc1ccc(CC(F)C(O)C(F)F)cc1. The van der Waals surface area contributed by atoms with Crippen molar-refractivity contribution in [1.29, 1.82) is 0 Å². The number of ether oxygens (including phenoxy) is 1. The number of halogens is 3. The van der Waals surface area contributed by atoms with E-state index in [4.69, 9.17) is 9.84 Å². The number of benzene rings is 1. The van der Waals surface area contributed by atoms with E-state index in [1.54, 1.807) is 24.3 Å². The molecule has 0 aromatic heterocycles. The van der Waals surface area contributed by atoms with Crippen LogP contribution in [0.25, 0.3) is 0 Å². The molecule has 0 aliphatic heterocycles. The molecule has 1 aromatic carbocycles. The standard InChI is InChI=1S/C11H13F3O2/c1-16-8-4-2-7(3-5-8)6-9(12)10(15)11(13)14/h2-5,9-11,15H,6H2,1H3. The second-order valence-corrected chi connectivity index (χ2v) is 3.39. The van der Waals surface area contributed by atoms with Crippen molar-refractivity contribution in [3.8, 4) is 5.75 Å². The fraction of sp³-hybridized carbons (Fsp3) is 0.455. The molecule has 16 heavy (non-hydrogen) atoms. The Hall–Kier alpha value is -1.23. The molecule has 1 rings (SSSR count). The maximum atomic E-state index is 13.2. The van der Waals surface area contributed by atoms with Crippen LogP contribution >= 0.6 is 0 Å². The average Bonchev–Trinajstić information content (AvgIpc) is 2.28. The molecule has 0 spiro atoms. The van der Waals surface area contributed by atoms with E-state index in [2.05, 4.69) is 0 Å². The van der Waals surface area contributed by atoms with Gasteiger partial charge < -0.3 is 9.84 Å². The van der Waals surface area contributed by atoms with Crippen molar-refractivity contribution in [3.63, 3.8) is 0 Å². The number of hydrogen-bond donors (Lipinski definition) is 1. The fourth-order valence-electron chi connectivity index (χ4n) is 1.27. The zero-order chi connectivity index (χ0) is 12.1. The predicted molar refractivity (Wildman–Crippen MR) is 53.6 cm³/mol. The van der Waals surface area contributed by atoms with Crippen molar-refractivity contribution in [2.24, 2.45) is 0 Å². The molecule has 1 aromatic rings. The zero-order valence-electron chi connectivity index (χ0n) is 8.74. The van der Waals surface area contributed by atoms with Crippen LogP contribution in [0.5, 0.6) is 5.75 Å². The highest BCUT2D eigenvalue weighted by Gasteiger charge is 2.27. The van der Waals surface area contributed by atoms with Gasteiger partial charge in [-0.05, 0) is 17.7 Å². The third kappa shape index (κ3) is 3.41. The molecule has 0 radical (unpaired) electrons. The van der Waals surface area contributed by atoms with E-state index in [1.165, 1.54) is 7.11 Å². The molecule has 2 unspecified atom stereocenters. The number of rotatable bonds is 5. The average molecular weight is 234 g/mol. The monoisotopic (exact) mass is 234 g/mol. The van der Waals surface area contributed by atoms with Gasteiger partial charge in [-0.25, -0.2) is 13.2 Å². The number of hydrogen-bond acceptors (Lipinski definition) is 2. The highest BCUT2D eigenvalue weighted by Crippen LogP contribution is 2.17. The maximum absolute atomic E-state index is 13.2. The summed E-state index contributed by atoms with van der Waals surface area (Å²) in [4.78, 5) is 0. The minimum atomic E-state index is -3.06. The zero-order valence-corrected chi connectivity index (χ0v) is 8.74. The normalized spacial score (nSPS) is 14.9. The first kappa shape index (κ1) is 12.8. The van der Waals surface area contributed by atoms with Gasteiger partial charge in [0, 0.05) is 6.42 Å². The molecule has 0 aliphatic rings. The van der Waals surface area contributed by atoms with Crippen LogP contribution in [0, 0.1) is 0 Å². The van der Waals surface area contributed by atoms with Gasteiger partial charge in [0.05, 0.1) is 7.11 Å². The molecule has 0 heterocycles. The van der Waals surface area contributed by atoms with Gasteiger partial charge in [0.1, 0.15) is 18.0 Å². The lowest BCUT2D eigenvalue weighted by molar-refractivity contribution is -0.0480. The minimum absolute atomic E-state index is 0.241. The molecule has 2 atom stereocenters. The highest BCUT2D eigenvalue weighted by molar-refractivity contribution is 5.27. The molecule has 0 saturated carbocycles. The Kier molecular flexibility index (Phi) is 4.61. The summed E-state index contributed by atoms with van der Waals surface area (Å²) in [6.07, 6.45) is -7.50. The molecule has 1 N–H and O–H groups in total. The lowest BCUT2D eigenvalue weighted by atomic mass is 10.1. The topological polar surface area (TPSA) is 29.5 Å². The smallest absolute Gasteiger partial charge is 0.266 e. The van der Waals surface area contributed by atoms with Crippen molar-refractivity contribution >= 4 is 0 Å². The molecule has 0 amide bonds. The van der Waals surface area contributed by atoms with Gasteiger partial charge in [0.25, 0.3) is 6.43 Å². The Labute approximate surface area is 91.7 Å². The van der Waals surface area contributed by atoms with Gasteiger partial charge in [-0.15, -0.1) is 0 Å². The third-order valence-electron chi connectivity index (χ3n) is 2.22. The Morgan fingerprint density at radius 1 is 1.19 bits per heavy atom. The quantitative estimate of drug-likeness (QED) is 0.846. The summed E-state index contributed by atoms with van der Waals surface area (Å²) in [7, 11) is 1.49. The minimum Gasteiger partial charge on any atom is -0.497 e. The van der Waals surface area contributed by atoms with Gasteiger partial charge in [-0.3, -0.25) is 0 Å². The largest absolute Gasteiger partial charge is 0.497 e.